The zero-order valence-corrected chi connectivity index (χ0v) is 11.6. The van der Waals surface area contributed by atoms with Gasteiger partial charge in [-0.1, -0.05) is 20.8 Å². The lowest BCUT2D eigenvalue weighted by molar-refractivity contribution is 0.101. The van der Waals surface area contributed by atoms with Crippen LogP contribution in [0.4, 0.5) is 0 Å². The second-order valence-corrected chi connectivity index (χ2v) is 6.22. The summed E-state index contributed by atoms with van der Waals surface area (Å²) in [6.07, 6.45) is 4.03. The summed E-state index contributed by atoms with van der Waals surface area (Å²) in [6, 6.07) is 0.761. The van der Waals surface area contributed by atoms with E-state index in [4.69, 9.17) is 5.73 Å². The van der Waals surface area contributed by atoms with E-state index >= 15 is 0 Å². The van der Waals surface area contributed by atoms with Crippen LogP contribution in [0.25, 0.3) is 0 Å². The summed E-state index contributed by atoms with van der Waals surface area (Å²) in [5.41, 5.74) is 5.89. The first-order valence-electron chi connectivity index (χ1n) is 6.97. The lowest BCUT2D eigenvalue weighted by Crippen LogP contribution is -2.44. The van der Waals surface area contributed by atoms with E-state index in [1.807, 2.05) is 0 Å². The first kappa shape index (κ1) is 14.0. The maximum atomic E-state index is 5.89. The van der Waals surface area contributed by atoms with Crippen LogP contribution < -0.4 is 5.73 Å². The lowest BCUT2D eigenvalue weighted by atomic mass is 9.91. The highest BCUT2D eigenvalue weighted by molar-refractivity contribution is 4.79. The first-order chi connectivity index (χ1) is 7.52. The van der Waals surface area contributed by atoms with Crippen LogP contribution in [0.1, 0.15) is 47.0 Å². The Labute approximate surface area is 102 Å². The number of rotatable bonds is 5. The van der Waals surface area contributed by atoms with Crippen LogP contribution in [0.3, 0.4) is 0 Å². The Kier molecular flexibility index (Phi) is 5.77. The van der Waals surface area contributed by atoms with Gasteiger partial charge in [0.2, 0.25) is 0 Å². The number of piperidine rings is 1. The van der Waals surface area contributed by atoms with Crippen LogP contribution in [0.2, 0.25) is 0 Å². The van der Waals surface area contributed by atoms with E-state index < -0.39 is 0 Å². The van der Waals surface area contributed by atoms with E-state index in [0.717, 1.165) is 24.4 Å². The summed E-state index contributed by atoms with van der Waals surface area (Å²) < 4.78 is 0. The highest BCUT2D eigenvalue weighted by atomic mass is 15.2. The van der Waals surface area contributed by atoms with Crippen molar-refractivity contribution in [2.75, 3.05) is 19.6 Å². The van der Waals surface area contributed by atoms with Crippen molar-refractivity contribution >= 4 is 0 Å². The number of hydrogen-bond donors (Lipinski definition) is 1. The fourth-order valence-corrected chi connectivity index (χ4v) is 2.88. The Morgan fingerprint density at radius 1 is 1.25 bits per heavy atom. The third-order valence-electron chi connectivity index (χ3n) is 3.88. The monoisotopic (exact) mass is 226 g/mol. The standard InChI is InChI=1S/C14H30N2/c1-11(2)7-14(8-15)10-16-9-12(3)5-6-13(16)4/h11-14H,5-10,15H2,1-4H3. The van der Waals surface area contributed by atoms with E-state index in [2.05, 4.69) is 32.6 Å². The van der Waals surface area contributed by atoms with E-state index in [1.54, 1.807) is 0 Å². The summed E-state index contributed by atoms with van der Waals surface area (Å²) in [4.78, 5) is 2.66. The molecule has 1 aliphatic rings. The Morgan fingerprint density at radius 3 is 2.50 bits per heavy atom. The Hall–Kier alpha value is -0.0800. The second kappa shape index (κ2) is 6.61. The predicted octanol–water partition coefficient (Wildman–Crippen LogP) is 2.73. The van der Waals surface area contributed by atoms with Gasteiger partial charge in [-0.3, -0.25) is 0 Å². The molecule has 0 aromatic rings. The van der Waals surface area contributed by atoms with Crippen LogP contribution in [0, 0.1) is 17.8 Å². The van der Waals surface area contributed by atoms with E-state index in [-0.39, 0.29) is 0 Å². The molecule has 3 atom stereocenters. The molecule has 2 N–H and O–H groups in total. The normalized spacial score (nSPS) is 29.6. The van der Waals surface area contributed by atoms with Crippen molar-refractivity contribution in [1.29, 1.82) is 0 Å². The lowest BCUT2D eigenvalue weighted by Gasteiger charge is -2.39. The van der Waals surface area contributed by atoms with Gasteiger partial charge in [0, 0.05) is 19.1 Å². The van der Waals surface area contributed by atoms with Gasteiger partial charge in [0.15, 0.2) is 0 Å². The number of nitrogens with two attached hydrogens (primary N) is 1. The summed E-state index contributed by atoms with van der Waals surface area (Å²) >= 11 is 0. The fourth-order valence-electron chi connectivity index (χ4n) is 2.88. The average molecular weight is 226 g/mol. The molecular weight excluding hydrogens is 196 g/mol. The number of likely N-dealkylation sites (tertiary alicyclic amines) is 1. The number of nitrogens with zero attached hydrogens (tertiary/aromatic N) is 1. The molecule has 0 bridgehead atoms. The molecule has 0 spiro atoms. The van der Waals surface area contributed by atoms with Gasteiger partial charge in [0.25, 0.3) is 0 Å². The van der Waals surface area contributed by atoms with Crippen LogP contribution in [0.15, 0.2) is 0 Å². The van der Waals surface area contributed by atoms with E-state index in [0.29, 0.717) is 5.92 Å². The molecule has 1 rings (SSSR count). The van der Waals surface area contributed by atoms with Crippen molar-refractivity contribution in [2.45, 2.75) is 53.0 Å². The molecule has 1 saturated heterocycles. The van der Waals surface area contributed by atoms with Crippen LogP contribution >= 0.6 is 0 Å². The topological polar surface area (TPSA) is 29.3 Å². The summed E-state index contributed by atoms with van der Waals surface area (Å²) in [6.45, 7) is 12.7. The molecule has 2 heteroatoms. The SMILES string of the molecule is CC(C)CC(CN)CN1CC(C)CCC1C. The van der Waals surface area contributed by atoms with Crippen molar-refractivity contribution in [2.24, 2.45) is 23.5 Å². The zero-order valence-electron chi connectivity index (χ0n) is 11.6. The maximum absolute atomic E-state index is 5.89. The van der Waals surface area contributed by atoms with Gasteiger partial charge < -0.3 is 10.6 Å². The van der Waals surface area contributed by atoms with E-state index in [1.165, 1.54) is 32.4 Å². The van der Waals surface area contributed by atoms with Gasteiger partial charge in [-0.15, -0.1) is 0 Å². The van der Waals surface area contributed by atoms with Crippen molar-refractivity contribution < 1.29 is 0 Å². The molecule has 0 aromatic heterocycles. The van der Waals surface area contributed by atoms with Gasteiger partial charge in [-0.2, -0.15) is 0 Å². The third kappa shape index (κ3) is 4.42. The largest absolute Gasteiger partial charge is 0.330 e. The summed E-state index contributed by atoms with van der Waals surface area (Å²) in [7, 11) is 0. The molecule has 0 amide bonds. The molecule has 1 aliphatic heterocycles. The van der Waals surface area contributed by atoms with Crippen molar-refractivity contribution in [3.8, 4) is 0 Å². The van der Waals surface area contributed by atoms with Crippen LogP contribution in [-0.4, -0.2) is 30.6 Å². The van der Waals surface area contributed by atoms with Gasteiger partial charge in [-0.25, -0.2) is 0 Å². The van der Waals surface area contributed by atoms with Gasteiger partial charge >= 0.3 is 0 Å². The third-order valence-corrected chi connectivity index (χ3v) is 3.88. The summed E-state index contributed by atoms with van der Waals surface area (Å²) in [5.74, 6) is 2.33. The second-order valence-electron chi connectivity index (χ2n) is 6.22. The zero-order chi connectivity index (χ0) is 12.1. The molecule has 3 unspecified atom stereocenters. The molecule has 1 heterocycles. The van der Waals surface area contributed by atoms with Crippen molar-refractivity contribution in [3.05, 3.63) is 0 Å². The molecule has 2 nitrogen and oxygen atoms in total. The summed E-state index contributed by atoms with van der Waals surface area (Å²) in [5, 5.41) is 0. The number of hydrogen-bond acceptors (Lipinski definition) is 2. The molecular formula is C14H30N2. The van der Waals surface area contributed by atoms with Crippen LogP contribution in [-0.2, 0) is 0 Å². The Morgan fingerprint density at radius 2 is 1.94 bits per heavy atom. The van der Waals surface area contributed by atoms with Gasteiger partial charge in [0.1, 0.15) is 0 Å². The molecule has 0 aromatic carbocycles. The van der Waals surface area contributed by atoms with Crippen molar-refractivity contribution in [1.82, 2.24) is 4.90 Å². The minimum Gasteiger partial charge on any atom is -0.330 e. The molecule has 96 valence electrons. The van der Waals surface area contributed by atoms with Gasteiger partial charge in [-0.05, 0) is 50.5 Å². The Balaban J connectivity index is 2.42. The minimum atomic E-state index is 0.688. The Bertz CT molecular complexity index is 191. The highest BCUT2D eigenvalue weighted by Gasteiger charge is 2.24. The molecule has 0 radical (unpaired) electrons. The van der Waals surface area contributed by atoms with Crippen LogP contribution in [0.5, 0.6) is 0 Å². The first-order valence-corrected chi connectivity index (χ1v) is 6.97. The fraction of sp³-hybridized carbons (Fsp3) is 1.00. The molecule has 16 heavy (non-hydrogen) atoms. The van der Waals surface area contributed by atoms with Crippen molar-refractivity contribution in [3.63, 3.8) is 0 Å². The van der Waals surface area contributed by atoms with E-state index in [9.17, 15) is 0 Å². The maximum Gasteiger partial charge on any atom is 0.00672 e. The molecule has 0 saturated carbocycles. The minimum absolute atomic E-state index is 0.688. The predicted molar refractivity (Wildman–Crippen MR) is 71.4 cm³/mol. The smallest absolute Gasteiger partial charge is 0.00672 e. The quantitative estimate of drug-likeness (QED) is 0.781. The average Bonchev–Trinajstić information content (AvgIpc) is 2.21. The highest BCUT2D eigenvalue weighted by Crippen LogP contribution is 2.23. The molecule has 1 fully saturated rings. The van der Waals surface area contributed by atoms with Gasteiger partial charge in [0.05, 0.1) is 0 Å². The molecule has 0 aliphatic carbocycles.